The molecule has 0 bridgehead atoms. The molecule has 1 aliphatic rings. The molecule has 0 atom stereocenters. The van der Waals surface area contributed by atoms with Crippen LogP contribution in [0.2, 0.25) is 10.0 Å². The standard InChI is InChI=1S/C25H17Cl2FINO4S/c1-33-21-9-14(8-20(29)23(21)34-13-16-4-2-3-5-19(16)28)10-22-24(31)30(25(32)35-22)12-15-6-7-17(26)11-18(15)27/h2-11H,12-13H2,1H3/b22-10-. The van der Waals surface area contributed by atoms with Gasteiger partial charge >= 0.3 is 0 Å². The highest BCUT2D eigenvalue weighted by atomic mass is 127. The first-order valence-electron chi connectivity index (χ1n) is 10.2. The zero-order valence-electron chi connectivity index (χ0n) is 18.2. The van der Waals surface area contributed by atoms with Crippen LogP contribution in [-0.2, 0) is 17.9 Å². The van der Waals surface area contributed by atoms with Crippen LogP contribution in [0.15, 0.2) is 59.5 Å². The molecule has 0 unspecified atom stereocenters. The Balaban J connectivity index is 1.54. The van der Waals surface area contributed by atoms with Gasteiger partial charge in [-0.15, -0.1) is 0 Å². The first kappa shape index (κ1) is 25.8. The SMILES string of the molecule is COc1cc(/C=C2\SC(=O)N(Cc3ccc(Cl)cc3Cl)C2=O)cc(I)c1OCc1ccccc1F. The third-order valence-electron chi connectivity index (χ3n) is 5.10. The molecule has 1 fully saturated rings. The van der Waals surface area contributed by atoms with E-state index in [0.29, 0.717) is 41.8 Å². The van der Waals surface area contributed by atoms with E-state index < -0.39 is 11.1 Å². The van der Waals surface area contributed by atoms with E-state index in [9.17, 15) is 14.0 Å². The molecule has 2 amide bonds. The summed E-state index contributed by atoms with van der Waals surface area (Å²) >= 11 is 15.1. The van der Waals surface area contributed by atoms with Gasteiger partial charge in [0.15, 0.2) is 11.5 Å². The highest BCUT2D eigenvalue weighted by Gasteiger charge is 2.35. The number of nitrogens with zero attached hydrogens (tertiary/aromatic N) is 1. The van der Waals surface area contributed by atoms with Gasteiger partial charge in [0.05, 0.1) is 22.1 Å². The second-order valence-electron chi connectivity index (χ2n) is 7.42. The van der Waals surface area contributed by atoms with Gasteiger partial charge in [-0.2, -0.15) is 0 Å². The van der Waals surface area contributed by atoms with E-state index in [1.54, 1.807) is 54.6 Å². The predicted octanol–water partition coefficient (Wildman–Crippen LogP) is 7.56. The summed E-state index contributed by atoms with van der Waals surface area (Å²) in [5.74, 6) is 0.110. The number of carbonyl (C=O) groups is 2. The molecule has 0 saturated carbocycles. The van der Waals surface area contributed by atoms with E-state index in [1.807, 2.05) is 0 Å². The number of carbonyl (C=O) groups excluding carboxylic acids is 2. The van der Waals surface area contributed by atoms with E-state index in [1.165, 1.54) is 13.2 Å². The Labute approximate surface area is 229 Å². The average Bonchev–Trinajstić information content (AvgIpc) is 3.08. The van der Waals surface area contributed by atoms with Crippen LogP contribution < -0.4 is 9.47 Å². The molecule has 1 saturated heterocycles. The van der Waals surface area contributed by atoms with Crippen LogP contribution in [0.5, 0.6) is 11.5 Å². The van der Waals surface area contributed by atoms with Crippen LogP contribution in [0.25, 0.3) is 6.08 Å². The van der Waals surface area contributed by atoms with Crippen molar-refractivity contribution in [2.45, 2.75) is 13.2 Å². The largest absolute Gasteiger partial charge is 0.493 e. The second kappa shape index (κ2) is 11.2. The Hall–Kier alpha value is -2.27. The Morgan fingerprint density at radius 2 is 1.86 bits per heavy atom. The van der Waals surface area contributed by atoms with E-state index >= 15 is 0 Å². The van der Waals surface area contributed by atoms with E-state index in [2.05, 4.69) is 22.6 Å². The van der Waals surface area contributed by atoms with Gasteiger partial charge in [0, 0.05) is 15.6 Å². The lowest BCUT2D eigenvalue weighted by Crippen LogP contribution is -2.27. The summed E-state index contributed by atoms with van der Waals surface area (Å²) in [6.45, 7) is 0.0756. The summed E-state index contributed by atoms with van der Waals surface area (Å²) in [7, 11) is 1.49. The normalized spacial score (nSPS) is 14.7. The van der Waals surface area contributed by atoms with Crippen LogP contribution in [0, 0.1) is 9.39 Å². The summed E-state index contributed by atoms with van der Waals surface area (Å²) in [6.07, 6.45) is 1.62. The van der Waals surface area contributed by atoms with E-state index in [-0.39, 0.29) is 23.9 Å². The molecule has 0 radical (unpaired) electrons. The van der Waals surface area contributed by atoms with E-state index in [4.69, 9.17) is 32.7 Å². The molecule has 1 aliphatic heterocycles. The highest BCUT2D eigenvalue weighted by molar-refractivity contribution is 14.1. The third kappa shape index (κ3) is 5.94. The van der Waals surface area contributed by atoms with Crippen LogP contribution in [0.1, 0.15) is 16.7 Å². The molecule has 0 spiro atoms. The Kier molecular flexibility index (Phi) is 8.26. The van der Waals surface area contributed by atoms with Crippen molar-refractivity contribution in [2.24, 2.45) is 0 Å². The van der Waals surface area contributed by atoms with Crippen LogP contribution in [0.4, 0.5) is 9.18 Å². The molecule has 3 aromatic carbocycles. The molecular weight excluding hydrogens is 627 g/mol. The average molecular weight is 644 g/mol. The number of methoxy groups -OCH3 is 1. The van der Waals surface area contributed by atoms with Crippen molar-refractivity contribution in [3.63, 3.8) is 0 Å². The third-order valence-corrected chi connectivity index (χ3v) is 7.39. The van der Waals surface area contributed by atoms with Crippen LogP contribution in [0.3, 0.4) is 0 Å². The minimum absolute atomic E-state index is 0.0323. The lowest BCUT2D eigenvalue weighted by Gasteiger charge is -2.14. The van der Waals surface area contributed by atoms with Gasteiger partial charge in [-0.1, -0.05) is 47.5 Å². The van der Waals surface area contributed by atoms with Gasteiger partial charge in [0.25, 0.3) is 11.1 Å². The minimum atomic E-state index is -0.417. The van der Waals surface area contributed by atoms with Gasteiger partial charge in [-0.3, -0.25) is 14.5 Å². The number of imide groups is 1. The minimum Gasteiger partial charge on any atom is -0.493 e. The predicted molar refractivity (Wildman–Crippen MR) is 144 cm³/mol. The topological polar surface area (TPSA) is 55.8 Å². The fourth-order valence-electron chi connectivity index (χ4n) is 3.34. The van der Waals surface area contributed by atoms with Gasteiger partial charge < -0.3 is 9.47 Å². The number of ether oxygens (including phenoxy) is 2. The number of hydrogen-bond acceptors (Lipinski definition) is 5. The molecule has 3 aromatic rings. The molecule has 0 N–H and O–H groups in total. The first-order valence-corrected chi connectivity index (χ1v) is 12.8. The molecule has 180 valence electrons. The molecule has 0 aliphatic carbocycles. The Bertz CT molecular complexity index is 1350. The van der Waals surface area contributed by atoms with Crippen LogP contribution in [-0.4, -0.2) is 23.2 Å². The molecule has 1 heterocycles. The number of hydrogen-bond donors (Lipinski definition) is 0. The maximum Gasteiger partial charge on any atom is 0.293 e. The zero-order chi connectivity index (χ0) is 25.1. The fraction of sp³-hybridized carbons (Fsp3) is 0.120. The molecule has 35 heavy (non-hydrogen) atoms. The Morgan fingerprint density at radius 1 is 1.09 bits per heavy atom. The van der Waals surface area contributed by atoms with Gasteiger partial charge in [-0.05, 0) is 81.9 Å². The summed E-state index contributed by atoms with van der Waals surface area (Å²) < 4.78 is 26.0. The van der Waals surface area contributed by atoms with Crippen LogP contribution >= 0.6 is 57.6 Å². The Morgan fingerprint density at radius 3 is 2.57 bits per heavy atom. The fourth-order valence-corrected chi connectivity index (χ4v) is 5.42. The summed E-state index contributed by atoms with van der Waals surface area (Å²) in [4.78, 5) is 26.9. The molecule has 5 nitrogen and oxygen atoms in total. The summed E-state index contributed by atoms with van der Waals surface area (Å²) in [5.41, 5.74) is 1.69. The lowest BCUT2D eigenvalue weighted by molar-refractivity contribution is -0.123. The number of thioether (sulfide) groups is 1. The molecule has 4 rings (SSSR count). The summed E-state index contributed by atoms with van der Waals surface area (Å²) in [6, 6.07) is 14.8. The maximum absolute atomic E-state index is 13.9. The van der Waals surface area contributed by atoms with Crippen molar-refractivity contribution in [1.82, 2.24) is 4.90 Å². The summed E-state index contributed by atoms with van der Waals surface area (Å²) in [5, 5.41) is 0.460. The second-order valence-corrected chi connectivity index (χ2v) is 10.4. The molecule has 0 aromatic heterocycles. The first-order chi connectivity index (χ1) is 16.8. The van der Waals surface area contributed by atoms with Crippen molar-refractivity contribution in [2.75, 3.05) is 7.11 Å². The quantitative estimate of drug-likeness (QED) is 0.196. The monoisotopic (exact) mass is 643 g/mol. The van der Waals surface area contributed by atoms with Crippen molar-refractivity contribution >= 4 is 74.8 Å². The van der Waals surface area contributed by atoms with Crippen molar-refractivity contribution in [3.8, 4) is 11.5 Å². The number of rotatable bonds is 7. The number of amides is 2. The molecular formula is C25H17Cl2FINO4S. The highest BCUT2D eigenvalue weighted by Crippen LogP contribution is 2.38. The van der Waals surface area contributed by atoms with Crippen molar-refractivity contribution in [3.05, 3.63) is 95.6 Å². The lowest BCUT2D eigenvalue weighted by atomic mass is 10.1. The van der Waals surface area contributed by atoms with Gasteiger partial charge in [-0.25, -0.2) is 4.39 Å². The van der Waals surface area contributed by atoms with Gasteiger partial charge in [0.2, 0.25) is 0 Å². The van der Waals surface area contributed by atoms with Gasteiger partial charge in [0.1, 0.15) is 12.4 Å². The maximum atomic E-state index is 13.9. The van der Waals surface area contributed by atoms with Crippen molar-refractivity contribution in [1.29, 1.82) is 0 Å². The number of benzene rings is 3. The molecule has 10 heteroatoms. The smallest absolute Gasteiger partial charge is 0.293 e. The number of halogens is 4. The zero-order valence-corrected chi connectivity index (χ0v) is 22.7. The van der Waals surface area contributed by atoms with E-state index in [0.717, 1.165) is 16.7 Å². The van der Waals surface area contributed by atoms with Crippen molar-refractivity contribution < 1.29 is 23.5 Å².